The van der Waals surface area contributed by atoms with Crippen molar-refractivity contribution in [3.05, 3.63) is 23.9 Å². The molecule has 0 bridgehead atoms. The average Bonchev–Trinajstić information content (AvgIpc) is 3.10. The Labute approximate surface area is 116 Å². The molecule has 0 N–H and O–H groups in total. The van der Waals surface area contributed by atoms with E-state index in [0.717, 1.165) is 0 Å². The highest BCUT2D eigenvalue weighted by atomic mass is 15.2. The predicted octanol–water partition coefficient (Wildman–Crippen LogP) is 3.23. The fourth-order valence-electron chi connectivity index (χ4n) is 3.60. The summed E-state index contributed by atoms with van der Waals surface area (Å²) >= 11 is 0. The van der Waals surface area contributed by atoms with Gasteiger partial charge in [-0.05, 0) is 52.1 Å². The molecule has 1 aromatic rings. The molecule has 2 saturated heterocycles. The van der Waals surface area contributed by atoms with Crippen molar-refractivity contribution in [2.75, 3.05) is 24.5 Å². The zero-order chi connectivity index (χ0) is 13.2. The number of pyridine rings is 1. The van der Waals surface area contributed by atoms with Gasteiger partial charge in [0.2, 0.25) is 0 Å². The van der Waals surface area contributed by atoms with E-state index in [1.54, 1.807) is 0 Å². The smallest absolute Gasteiger partial charge is 0.133 e. The second-order valence-electron chi connectivity index (χ2n) is 6.10. The normalized spacial score (nSPS) is 24.6. The minimum Gasteiger partial charge on any atom is -0.356 e. The largest absolute Gasteiger partial charge is 0.356 e. The number of nitrogens with zero attached hydrogens (tertiary/aromatic N) is 3. The molecule has 0 saturated carbocycles. The van der Waals surface area contributed by atoms with E-state index < -0.39 is 0 Å². The van der Waals surface area contributed by atoms with E-state index in [1.165, 1.54) is 56.7 Å². The third-order valence-electron chi connectivity index (χ3n) is 4.54. The van der Waals surface area contributed by atoms with Crippen LogP contribution < -0.4 is 4.90 Å². The van der Waals surface area contributed by atoms with Crippen molar-refractivity contribution in [2.45, 2.75) is 51.6 Å². The molecule has 104 valence electrons. The Bertz CT molecular complexity index is 424. The van der Waals surface area contributed by atoms with Crippen LogP contribution in [-0.4, -0.2) is 35.6 Å². The SMILES string of the molecule is CC(C)N1CCCC1c1cccnc1N1CCCC1. The first kappa shape index (κ1) is 12.9. The van der Waals surface area contributed by atoms with Crippen LogP contribution in [0.2, 0.25) is 0 Å². The number of aromatic nitrogens is 1. The molecule has 0 spiro atoms. The lowest BCUT2D eigenvalue weighted by molar-refractivity contribution is 0.205. The monoisotopic (exact) mass is 259 g/mol. The second-order valence-corrected chi connectivity index (χ2v) is 6.10. The summed E-state index contributed by atoms with van der Waals surface area (Å²) in [5.41, 5.74) is 1.45. The lowest BCUT2D eigenvalue weighted by Crippen LogP contribution is -2.31. The number of hydrogen-bond acceptors (Lipinski definition) is 3. The average molecular weight is 259 g/mol. The predicted molar refractivity (Wildman–Crippen MR) is 79.5 cm³/mol. The van der Waals surface area contributed by atoms with Crippen LogP contribution in [-0.2, 0) is 0 Å². The van der Waals surface area contributed by atoms with Crippen LogP contribution in [0.1, 0.15) is 51.1 Å². The summed E-state index contributed by atoms with van der Waals surface area (Å²) < 4.78 is 0. The lowest BCUT2D eigenvalue weighted by Gasteiger charge is -2.31. The second kappa shape index (κ2) is 5.49. The Hall–Kier alpha value is -1.09. The Morgan fingerprint density at radius 3 is 2.68 bits per heavy atom. The Morgan fingerprint density at radius 1 is 1.16 bits per heavy atom. The van der Waals surface area contributed by atoms with Gasteiger partial charge in [0.1, 0.15) is 5.82 Å². The molecule has 2 aliphatic heterocycles. The van der Waals surface area contributed by atoms with Crippen molar-refractivity contribution >= 4 is 5.82 Å². The fourth-order valence-corrected chi connectivity index (χ4v) is 3.60. The topological polar surface area (TPSA) is 19.4 Å². The number of hydrogen-bond donors (Lipinski definition) is 0. The first-order valence-corrected chi connectivity index (χ1v) is 7.73. The molecule has 1 atom stereocenters. The van der Waals surface area contributed by atoms with E-state index in [0.29, 0.717) is 12.1 Å². The molecule has 19 heavy (non-hydrogen) atoms. The highest BCUT2D eigenvalue weighted by Gasteiger charge is 2.31. The van der Waals surface area contributed by atoms with Gasteiger partial charge in [-0.15, -0.1) is 0 Å². The first-order chi connectivity index (χ1) is 9.27. The minimum absolute atomic E-state index is 0.573. The lowest BCUT2D eigenvalue weighted by atomic mass is 10.0. The van der Waals surface area contributed by atoms with Gasteiger partial charge in [0.05, 0.1) is 0 Å². The first-order valence-electron chi connectivity index (χ1n) is 7.73. The molecule has 2 fully saturated rings. The molecule has 3 nitrogen and oxygen atoms in total. The maximum Gasteiger partial charge on any atom is 0.133 e. The summed E-state index contributed by atoms with van der Waals surface area (Å²) in [7, 11) is 0. The quantitative estimate of drug-likeness (QED) is 0.831. The van der Waals surface area contributed by atoms with Gasteiger partial charge in [-0.3, -0.25) is 4.90 Å². The molecule has 2 aliphatic rings. The molecular weight excluding hydrogens is 234 g/mol. The van der Waals surface area contributed by atoms with Gasteiger partial charge in [-0.1, -0.05) is 6.07 Å². The summed E-state index contributed by atoms with van der Waals surface area (Å²) in [6, 6.07) is 5.60. The number of rotatable bonds is 3. The Morgan fingerprint density at radius 2 is 1.95 bits per heavy atom. The van der Waals surface area contributed by atoms with Gasteiger partial charge in [0.25, 0.3) is 0 Å². The van der Waals surface area contributed by atoms with Gasteiger partial charge in [0, 0.05) is 36.9 Å². The minimum atomic E-state index is 0.573. The molecule has 3 heteroatoms. The maximum atomic E-state index is 4.70. The molecule has 3 heterocycles. The van der Waals surface area contributed by atoms with Crippen LogP contribution in [0, 0.1) is 0 Å². The third-order valence-corrected chi connectivity index (χ3v) is 4.54. The molecule has 0 amide bonds. The van der Waals surface area contributed by atoms with Crippen LogP contribution >= 0.6 is 0 Å². The number of likely N-dealkylation sites (tertiary alicyclic amines) is 1. The molecule has 0 aromatic carbocycles. The highest BCUT2D eigenvalue weighted by molar-refractivity contribution is 5.49. The van der Waals surface area contributed by atoms with Crippen molar-refractivity contribution in [1.82, 2.24) is 9.88 Å². The zero-order valence-electron chi connectivity index (χ0n) is 12.2. The van der Waals surface area contributed by atoms with E-state index in [1.807, 2.05) is 6.20 Å². The molecule has 1 aromatic heterocycles. The van der Waals surface area contributed by atoms with Gasteiger partial charge in [-0.2, -0.15) is 0 Å². The van der Waals surface area contributed by atoms with E-state index in [2.05, 4.69) is 35.8 Å². The van der Waals surface area contributed by atoms with Crippen LogP contribution in [0.4, 0.5) is 5.82 Å². The van der Waals surface area contributed by atoms with Gasteiger partial charge >= 0.3 is 0 Å². The van der Waals surface area contributed by atoms with E-state index in [4.69, 9.17) is 4.98 Å². The molecular formula is C16H25N3. The number of anilines is 1. The standard InChI is InChI=1S/C16H25N3/c1-13(2)19-12-6-8-15(19)14-7-5-9-17-16(14)18-10-3-4-11-18/h5,7,9,13,15H,3-4,6,8,10-12H2,1-2H3. The van der Waals surface area contributed by atoms with Crippen molar-refractivity contribution in [1.29, 1.82) is 0 Å². The van der Waals surface area contributed by atoms with Crippen LogP contribution in [0.5, 0.6) is 0 Å². The van der Waals surface area contributed by atoms with Gasteiger partial charge < -0.3 is 4.90 Å². The molecule has 1 unspecified atom stereocenters. The van der Waals surface area contributed by atoms with E-state index in [-0.39, 0.29) is 0 Å². The van der Waals surface area contributed by atoms with Crippen molar-refractivity contribution in [3.63, 3.8) is 0 Å². The summed E-state index contributed by atoms with van der Waals surface area (Å²) in [6.07, 6.45) is 7.18. The third kappa shape index (κ3) is 2.48. The van der Waals surface area contributed by atoms with E-state index >= 15 is 0 Å². The van der Waals surface area contributed by atoms with Gasteiger partial charge in [0.15, 0.2) is 0 Å². The van der Waals surface area contributed by atoms with Crippen LogP contribution in [0.3, 0.4) is 0 Å². The highest BCUT2D eigenvalue weighted by Crippen LogP contribution is 2.38. The van der Waals surface area contributed by atoms with E-state index in [9.17, 15) is 0 Å². The Kier molecular flexibility index (Phi) is 3.74. The summed E-state index contributed by atoms with van der Waals surface area (Å²) in [6.45, 7) is 8.21. The summed E-state index contributed by atoms with van der Waals surface area (Å²) in [4.78, 5) is 9.81. The maximum absolute atomic E-state index is 4.70. The molecule has 3 rings (SSSR count). The fraction of sp³-hybridized carbons (Fsp3) is 0.688. The summed E-state index contributed by atoms with van der Waals surface area (Å²) in [5, 5.41) is 0. The van der Waals surface area contributed by atoms with Crippen molar-refractivity contribution < 1.29 is 0 Å². The van der Waals surface area contributed by atoms with Gasteiger partial charge in [-0.25, -0.2) is 4.98 Å². The Balaban J connectivity index is 1.91. The zero-order valence-corrected chi connectivity index (χ0v) is 12.2. The van der Waals surface area contributed by atoms with Crippen molar-refractivity contribution in [3.8, 4) is 0 Å². The van der Waals surface area contributed by atoms with Crippen LogP contribution in [0.15, 0.2) is 18.3 Å². The molecule has 0 aliphatic carbocycles. The summed E-state index contributed by atoms with van der Waals surface area (Å²) in [5.74, 6) is 1.25. The van der Waals surface area contributed by atoms with Crippen molar-refractivity contribution in [2.24, 2.45) is 0 Å². The van der Waals surface area contributed by atoms with Crippen LogP contribution in [0.25, 0.3) is 0 Å². The molecule has 0 radical (unpaired) electrons.